The van der Waals surface area contributed by atoms with Gasteiger partial charge >= 0.3 is 0 Å². The maximum Gasteiger partial charge on any atom is 0.141 e. The van der Waals surface area contributed by atoms with Gasteiger partial charge in [0, 0.05) is 10.9 Å². The molecule has 0 aromatic heterocycles. The molecule has 0 heterocycles. The summed E-state index contributed by atoms with van der Waals surface area (Å²) in [6.07, 6.45) is -0.266. The third-order valence-electron chi connectivity index (χ3n) is 2.92. The molecule has 0 saturated heterocycles. The zero-order valence-corrected chi connectivity index (χ0v) is 12.7. The molecule has 0 bridgehead atoms. The molecule has 1 nitrogen and oxygen atoms in total. The highest BCUT2D eigenvalue weighted by atomic mass is 79.9. The van der Waals surface area contributed by atoms with Crippen LogP contribution in [0, 0.1) is 12.7 Å². The van der Waals surface area contributed by atoms with Gasteiger partial charge in [-0.1, -0.05) is 51.3 Å². The van der Waals surface area contributed by atoms with Crippen molar-refractivity contribution in [3.8, 4) is 0 Å². The lowest BCUT2D eigenvalue weighted by Crippen LogP contribution is -2.03. The summed E-state index contributed by atoms with van der Waals surface area (Å²) in [5, 5.41) is 10.3. The largest absolute Gasteiger partial charge is 0.388 e. The van der Waals surface area contributed by atoms with Gasteiger partial charge < -0.3 is 5.11 Å². The summed E-state index contributed by atoms with van der Waals surface area (Å²) in [6, 6.07) is 10.3. The molecular weight excluding hydrogens is 331 g/mol. The molecule has 0 radical (unpaired) electrons. The van der Waals surface area contributed by atoms with Gasteiger partial charge in [0.15, 0.2) is 0 Å². The van der Waals surface area contributed by atoms with Crippen LogP contribution >= 0.6 is 27.5 Å². The van der Waals surface area contributed by atoms with E-state index in [2.05, 4.69) is 15.9 Å². The first-order chi connectivity index (χ1) is 8.97. The normalized spacial score (nSPS) is 12.5. The predicted molar refractivity (Wildman–Crippen MR) is 79.0 cm³/mol. The summed E-state index contributed by atoms with van der Waals surface area (Å²) in [4.78, 5) is 0. The van der Waals surface area contributed by atoms with Crippen molar-refractivity contribution in [2.45, 2.75) is 19.4 Å². The van der Waals surface area contributed by atoms with E-state index >= 15 is 0 Å². The topological polar surface area (TPSA) is 20.2 Å². The fourth-order valence-corrected chi connectivity index (χ4v) is 2.63. The lowest BCUT2D eigenvalue weighted by atomic mass is 10.00. The van der Waals surface area contributed by atoms with Gasteiger partial charge in [-0.05, 0) is 36.2 Å². The second-order valence-corrected chi connectivity index (χ2v) is 5.75. The first-order valence-corrected chi connectivity index (χ1v) is 7.02. The quantitative estimate of drug-likeness (QED) is 0.846. The van der Waals surface area contributed by atoms with Crippen LogP contribution in [0.1, 0.15) is 22.8 Å². The number of hydrogen-bond acceptors (Lipinski definition) is 1. The Labute approximate surface area is 125 Å². The van der Waals surface area contributed by atoms with Gasteiger partial charge in [-0.15, -0.1) is 0 Å². The SMILES string of the molecule is Cc1ccc(Br)c(C(O)Cc2ccc(F)c(Cl)c2)c1. The molecule has 100 valence electrons. The zero-order chi connectivity index (χ0) is 14.0. The molecule has 0 aliphatic heterocycles. The zero-order valence-electron chi connectivity index (χ0n) is 10.3. The van der Waals surface area contributed by atoms with E-state index in [1.807, 2.05) is 25.1 Å². The third-order valence-corrected chi connectivity index (χ3v) is 3.94. The van der Waals surface area contributed by atoms with Gasteiger partial charge in [-0.25, -0.2) is 4.39 Å². The Kier molecular flexibility index (Phi) is 4.61. The standard InChI is InChI=1S/C15H13BrClFO/c1-9-2-4-12(16)11(6-9)15(19)8-10-3-5-14(18)13(17)7-10/h2-7,15,19H,8H2,1H3. The molecule has 4 heteroatoms. The van der Waals surface area contributed by atoms with Gasteiger partial charge in [-0.2, -0.15) is 0 Å². The Balaban J connectivity index is 2.22. The van der Waals surface area contributed by atoms with Crippen LogP contribution in [0.25, 0.3) is 0 Å². The Morgan fingerprint density at radius 2 is 2.00 bits per heavy atom. The maximum absolute atomic E-state index is 13.1. The maximum atomic E-state index is 13.1. The minimum atomic E-state index is -0.657. The van der Waals surface area contributed by atoms with Crippen molar-refractivity contribution in [2.75, 3.05) is 0 Å². The monoisotopic (exact) mass is 342 g/mol. The highest BCUT2D eigenvalue weighted by molar-refractivity contribution is 9.10. The minimum absolute atomic E-state index is 0.0769. The molecule has 2 rings (SSSR count). The van der Waals surface area contributed by atoms with E-state index in [-0.39, 0.29) is 5.02 Å². The highest BCUT2D eigenvalue weighted by Gasteiger charge is 2.13. The molecule has 19 heavy (non-hydrogen) atoms. The van der Waals surface area contributed by atoms with Crippen molar-refractivity contribution in [1.82, 2.24) is 0 Å². The summed E-state index contributed by atoms with van der Waals surface area (Å²) in [5.41, 5.74) is 2.70. The number of halogens is 3. The van der Waals surface area contributed by atoms with Crippen LogP contribution < -0.4 is 0 Å². The van der Waals surface area contributed by atoms with Gasteiger partial charge in [0.25, 0.3) is 0 Å². The number of rotatable bonds is 3. The van der Waals surface area contributed by atoms with Crippen LogP contribution in [0.5, 0.6) is 0 Å². The van der Waals surface area contributed by atoms with E-state index in [0.717, 1.165) is 21.2 Å². The Hall–Kier alpha value is -0.900. The van der Waals surface area contributed by atoms with Crippen molar-refractivity contribution in [3.63, 3.8) is 0 Å². The van der Waals surface area contributed by atoms with E-state index in [4.69, 9.17) is 11.6 Å². The Morgan fingerprint density at radius 1 is 1.26 bits per heavy atom. The second kappa shape index (κ2) is 6.04. The number of aliphatic hydroxyl groups excluding tert-OH is 1. The minimum Gasteiger partial charge on any atom is -0.388 e. The van der Waals surface area contributed by atoms with Crippen LogP contribution in [-0.2, 0) is 6.42 Å². The summed E-state index contributed by atoms with van der Waals surface area (Å²) >= 11 is 9.16. The fraction of sp³-hybridized carbons (Fsp3) is 0.200. The molecule has 0 saturated carbocycles. The van der Waals surface area contributed by atoms with E-state index in [9.17, 15) is 9.50 Å². The first kappa shape index (κ1) is 14.5. The molecular formula is C15H13BrClFO. The van der Waals surface area contributed by atoms with Crippen molar-refractivity contribution < 1.29 is 9.50 Å². The second-order valence-electron chi connectivity index (χ2n) is 4.49. The van der Waals surface area contributed by atoms with E-state index in [1.165, 1.54) is 6.07 Å². The van der Waals surface area contributed by atoms with Gasteiger partial charge in [0.05, 0.1) is 11.1 Å². The lowest BCUT2D eigenvalue weighted by Gasteiger charge is -2.14. The molecule has 0 spiro atoms. The lowest BCUT2D eigenvalue weighted by molar-refractivity contribution is 0.177. The number of hydrogen-bond donors (Lipinski definition) is 1. The summed E-state index contributed by atoms with van der Waals surface area (Å²) in [7, 11) is 0. The Bertz CT molecular complexity index is 601. The molecule has 0 fully saturated rings. The highest BCUT2D eigenvalue weighted by Crippen LogP contribution is 2.28. The fourth-order valence-electron chi connectivity index (χ4n) is 1.92. The van der Waals surface area contributed by atoms with Crippen LogP contribution in [-0.4, -0.2) is 5.11 Å². The van der Waals surface area contributed by atoms with Crippen LogP contribution in [0.4, 0.5) is 4.39 Å². The summed E-state index contributed by atoms with van der Waals surface area (Å²) in [6.45, 7) is 1.97. The van der Waals surface area contributed by atoms with Gasteiger partial charge in [-0.3, -0.25) is 0 Å². The van der Waals surface area contributed by atoms with Gasteiger partial charge in [0.1, 0.15) is 5.82 Å². The van der Waals surface area contributed by atoms with Crippen molar-refractivity contribution in [2.24, 2.45) is 0 Å². The molecule has 2 aromatic rings. The summed E-state index contributed by atoms with van der Waals surface area (Å²) in [5.74, 6) is -0.448. The van der Waals surface area contributed by atoms with Crippen molar-refractivity contribution >= 4 is 27.5 Å². The van der Waals surface area contributed by atoms with Crippen LogP contribution in [0.3, 0.4) is 0 Å². The van der Waals surface area contributed by atoms with Crippen LogP contribution in [0.2, 0.25) is 5.02 Å². The Morgan fingerprint density at radius 3 is 2.68 bits per heavy atom. The molecule has 1 atom stereocenters. The molecule has 0 aliphatic rings. The van der Waals surface area contributed by atoms with Crippen molar-refractivity contribution in [1.29, 1.82) is 0 Å². The average Bonchev–Trinajstić information content (AvgIpc) is 2.36. The molecule has 0 amide bonds. The van der Waals surface area contributed by atoms with Gasteiger partial charge in [0.2, 0.25) is 0 Å². The van der Waals surface area contributed by atoms with E-state index in [1.54, 1.807) is 12.1 Å². The smallest absolute Gasteiger partial charge is 0.141 e. The first-order valence-electron chi connectivity index (χ1n) is 5.85. The average molecular weight is 344 g/mol. The molecule has 0 aliphatic carbocycles. The molecule has 1 unspecified atom stereocenters. The van der Waals surface area contributed by atoms with E-state index in [0.29, 0.717) is 6.42 Å². The number of benzene rings is 2. The predicted octanol–water partition coefficient (Wildman–Crippen LogP) is 4.83. The molecule has 1 N–H and O–H groups in total. The third kappa shape index (κ3) is 3.56. The van der Waals surface area contributed by atoms with Crippen LogP contribution in [0.15, 0.2) is 40.9 Å². The number of aryl methyl sites for hydroxylation is 1. The number of aliphatic hydroxyl groups is 1. The summed E-state index contributed by atoms with van der Waals surface area (Å²) < 4.78 is 13.9. The van der Waals surface area contributed by atoms with Crippen molar-refractivity contribution in [3.05, 3.63) is 68.4 Å². The molecule has 2 aromatic carbocycles. The van der Waals surface area contributed by atoms with E-state index < -0.39 is 11.9 Å².